The topological polar surface area (TPSA) is 140 Å². The van der Waals surface area contributed by atoms with Crippen LogP contribution in [-0.4, -0.2) is 75.5 Å². The number of nitrogens with zero attached hydrogens (tertiary/aromatic N) is 2. The summed E-state index contributed by atoms with van der Waals surface area (Å²) >= 11 is 0. The first kappa shape index (κ1) is 33.4. The van der Waals surface area contributed by atoms with Crippen molar-refractivity contribution in [1.82, 2.24) is 4.90 Å². The average molecular weight is 689 g/mol. The summed E-state index contributed by atoms with van der Waals surface area (Å²) in [5.41, 5.74) is 0.298. The van der Waals surface area contributed by atoms with Gasteiger partial charge in [-0.2, -0.15) is 0 Å². The first-order valence-corrected chi connectivity index (χ1v) is 19.0. The third-order valence-corrected chi connectivity index (χ3v) is 12.0. The van der Waals surface area contributed by atoms with Crippen LogP contribution in [0.2, 0.25) is 0 Å². The Bertz CT molecular complexity index is 2000. The summed E-state index contributed by atoms with van der Waals surface area (Å²) in [6.07, 6.45) is -0.674. The third kappa shape index (κ3) is 6.87. The van der Waals surface area contributed by atoms with Crippen molar-refractivity contribution in [2.24, 2.45) is 4.99 Å². The largest absolute Gasteiger partial charge is 0.494 e. The van der Waals surface area contributed by atoms with Gasteiger partial charge in [0.2, 0.25) is 5.90 Å². The molecule has 0 aromatic heterocycles. The Kier molecular flexibility index (Phi) is 9.68. The first-order chi connectivity index (χ1) is 23.1. The van der Waals surface area contributed by atoms with Gasteiger partial charge in [-0.3, -0.25) is 4.79 Å². The lowest BCUT2D eigenvalue weighted by Crippen LogP contribution is -2.50. The molecule has 10 nitrogen and oxygen atoms in total. The van der Waals surface area contributed by atoms with Gasteiger partial charge in [0.25, 0.3) is 5.91 Å². The molecule has 6 rings (SSSR count). The van der Waals surface area contributed by atoms with Gasteiger partial charge in [0, 0.05) is 43.7 Å². The van der Waals surface area contributed by atoms with Gasteiger partial charge in [-0.15, -0.1) is 0 Å². The standard InChI is InChI=1S/C36H36N2O8S2/c39-22-9-23-45-29-18-16-27(17-19-29)34-37-36(20-24-47(41,42)30-11-3-1-4-12-30)33(46-34)32-15-8-7-10-28(32)26-38(35(36)40)21-25-48(43,44)31-13-5-2-6-14-31/h1-8,10-19,33,39H,9,20-26H2/t33-,36-/m0/s1. The van der Waals surface area contributed by atoms with E-state index in [-0.39, 0.29) is 47.6 Å². The Labute approximate surface area is 280 Å². The number of rotatable bonds is 13. The molecule has 0 fully saturated rings. The van der Waals surface area contributed by atoms with Crippen LogP contribution >= 0.6 is 0 Å². The second-order valence-electron chi connectivity index (χ2n) is 11.7. The molecule has 0 saturated heterocycles. The summed E-state index contributed by atoms with van der Waals surface area (Å²) in [5.74, 6) is -0.482. The lowest BCUT2D eigenvalue weighted by Gasteiger charge is -2.32. The van der Waals surface area contributed by atoms with E-state index in [9.17, 15) is 21.6 Å². The van der Waals surface area contributed by atoms with Crippen LogP contribution in [0.5, 0.6) is 5.75 Å². The van der Waals surface area contributed by atoms with E-state index in [0.29, 0.717) is 29.9 Å². The number of benzene rings is 4. The third-order valence-electron chi connectivity index (χ3n) is 8.58. The molecule has 2 aliphatic rings. The van der Waals surface area contributed by atoms with Crippen molar-refractivity contribution in [3.05, 3.63) is 126 Å². The molecule has 2 atom stereocenters. The van der Waals surface area contributed by atoms with Gasteiger partial charge < -0.3 is 19.5 Å². The van der Waals surface area contributed by atoms with Gasteiger partial charge in [-0.25, -0.2) is 21.8 Å². The molecule has 4 aromatic rings. The summed E-state index contributed by atoms with van der Waals surface area (Å²) in [7, 11) is -7.56. The highest BCUT2D eigenvalue weighted by atomic mass is 32.2. The summed E-state index contributed by atoms with van der Waals surface area (Å²) in [6, 6.07) is 30.4. The Hall–Kier alpha value is -4.52. The maximum atomic E-state index is 14.8. The molecule has 0 unspecified atom stereocenters. The van der Waals surface area contributed by atoms with E-state index < -0.39 is 43.0 Å². The number of ether oxygens (including phenoxy) is 2. The van der Waals surface area contributed by atoms with E-state index in [4.69, 9.17) is 19.6 Å². The van der Waals surface area contributed by atoms with Gasteiger partial charge in [0.15, 0.2) is 31.3 Å². The normalized spacial score (nSPS) is 19.1. The molecule has 0 aliphatic carbocycles. The number of carbonyl (C=O) groups is 1. The van der Waals surface area contributed by atoms with Crippen LogP contribution in [0.1, 0.15) is 35.6 Å². The van der Waals surface area contributed by atoms with Crippen molar-refractivity contribution in [2.45, 2.75) is 40.8 Å². The van der Waals surface area contributed by atoms with E-state index in [1.54, 1.807) is 60.7 Å². The Morgan fingerprint density at radius 3 is 2.06 bits per heavy atom. The highest BCUT2D eigenvalue weighted by Gasteiger charge is 2.57. The van der Waals surface area contributed by atoms with Crippen molar-refractivity contribution >= 4 is 31.5 Å². The number of sulfone groups is 2. The van der Waals surface area contributed by atoms with Crippen molar-refractivity contribution in [2.75, 3.05) is 31.3 Å². The van der Waals surface area contributed by atoms with Crippen LogP contribution in [-0.2, 0) is 35.8 Å². The predicted molar refractivity (Wildman–Crippen MR) is 180 cm³/mol. The summed E-state index contributed by atoms with van der Waals surface area (Å²) in [4.78, 5) is 21.5. The van der Waals surface area contributed by atoms with E-state index >= 15 is 0 Å². The molecule has 4 aromatic carbocycles. The zero-order valence-electron chi connectivity index (χ0n) is 26.1. The Balaban J connectivity index is 1.40. The van der Waals surface area contributed by atoms with Crippen LogP contribution in [0.3, 0.4) is 0 Å². The van der Waals surface area contributed by atoms with Crippen molar-refractivity contribution in [1.29, 1.82) is 0 Å². The number of fused-ring (bicyclic) bond motifs is 3. The second kappa shape index (κ2) is 13.9. The molecular formula is C36H36N2O8S2. The number of hydrogen-bond acceptors (Lipinski definition) is 9. The predicted octanol–water partition coefficient (Wildman–Crippen LogP) is 4.38. The molecular weight excluding hydrogens is 653 g/mol. The maximum absolute atomic E-state index is 14.8. The number of aliphatic hydroxyl groups is 1. The van der Waals surface area contributed by atoms with Gasteiger partial charge in [-0.1, -0.05) is 60.7 Å². The van der Waals surface area contributed by atoms with Crippen LogP contribution < -0.4 is 4.74 Å². The molecule has 48 heavy (non-hydrogen) atoms. The fourth-order valence-corrected chi connectivity index (χ4v) is 8.66. The Morgan fingerprint density at radius 2 is 1.42 bits per heavy atom. The minimum Gasteiger partial charge on any atom is -0.494 e. The highest BCUT2D eigenvalue weighted by Crippen LogP contribution is 2.47. The summed E-state index contributed by atoms with van der Waals surface area (Å²) in [5, 5.41) is 9.06. The monoisotopic (exact) mass is 688 g/mol. The molecule has 2 aliphatic heterocycles. The molecule has 0 radical (unpaired) electrons. The van der Waals surface area contributed by atoms with E-state index in [0.717, 1.165) is 5.56 Å². The van der Waals surface area contributed by atoms with Crippen molar-refractivity contribution in [3.63, 3.8) is 0 Å². The van der Waals surface area contributed by atoms with Crippen molar-refractivity contribution in [3.8, 4) is 5.75 Å². The zero-order valence-corrected chi connectivity index (χ0v) is 27.8. The van der Waals surface area contributed by atoms with Gasteiger partial charge in [0.05, 0.1) is 27.9 Å². The first-order valence-electron chi connectivity index (χ1n) is 15.7. The number of carbonyl (C=O) groups excluding carboxylic acids is 1. The molecule has 1 amide bonds. The molecule has 0 saturated carbocycles. The highest BCUT2D eigenvalue weighted by molar-refractivity contribution is 7.91. The molecule has 0 bridgehead atoms. The van der Waals surface area contributed by atoms with Crippen LogP contribution in [0.4, 0.5) is 0 Å². The molecule has 2 heterocycles. The van der Waals surface area contributed by atoms with Crippen LogP contribution in [0.15, 0.2) is 124 Å². The van der Waals surface area contributed by atoms with E-state index in [2.05, 4.69) is 0 Å². The number of aliphatic imine (C=N–C) groups is 1. The lowest BCUT2D eigenvalue weighted by atomic mass is 9.84. The molecule has 250 valence electrons. The van der Waals surface area contributed by atoms with E-state index in [1.165, 1.54) is 29.2 Å². The number of aliphatic hydroxyl groups excluding tert-OH is 1. The zero-order chi connectivity index (χ0) is 33.8. The minimum atomic E-state index is -3.83. The van der Waals surface area contributed by atoms with Crippen LogP contribution in [0.25, 0.3) is 0 Å². The Morgan fingerprint density at radius 1 is 0.812 bits per heavy atom. The fourth-order valence-electron chi connectivity index (χ4n) is 6.01. The molecule has 12 heteroatoms. The maximum Gasteiger partial charge on any atom is 0.255 e. The minimum absolute atomic E-state index is 0.0108. The van der Waals surface area contributed by atoms with E-state index in [1.807, 2.05) is 24.3 Å². The number of amides is 1. The lowest BCUT2D eigenvalue weighted by molar-refractivity contribution is -0.139. The average Bonchev–Trinajstić information content (AvgIpc) is 3.47. The van der Waals surface area contributed by atoms with Crippen molar-refractivity contribution < 1.29 is 36.2 Å². The molecule has 1 N–H and O–H groups in total. The van der Waals surface area contributed by atoms with Gasteiger partial charge in [-0.05, 0) is 54.1 Å². The fraction of sp³-hybridized carbons (Fsp3) is 0.278. The molecule has 0 spiro atoms. The summed E-state index contributed by atoms with van der Waals surface area (Å²) < 4.78 is 65.9. The number of hydrogen-bond donors (Lipinski definition) is 1. The van der Waals surface area contributed by atoms with Gasteiger partial charge in [0.1, 0.15) is 5.75 Å². The van der Waals surface area contributed by atoms with Crippen LogP contribution in [0, 0.1) is 0 Å². The smallest absolute Gasteiger partial charge is 0.255 e. The second-order valence-corrected chi connectivity index (χ2v) is 15.9. The summed E-state index contributed by atoms with van der Waals surface area (Å²) in [6.45, 7) is 0.332. The SMILES string of the molecule is O=C1N(CCS(=O)(=O)c2ccccc2)Cc2ccccc2[C@@H]2OC(c3ccc(OCCCO)cc3)=N[C@]12CCS(=O)(=O)c1ccccc1. The quantitative estimate of drug-likeness (QED) is 0.204. The van der Waals surface area contributed by atoms with Gasteiger partial charge >= 0.3 is 0 Å².